The van der Waals surface area contributed by atoms with E-state index in [-0.39, 0.29) is 0 Å². The van der Waals surface area contributed by atoms with Crippen molar-refractivity contribution in [3.63, 3.8) is 0 Å². The van der Waals surface area contributed by atoms with E-state index in [1.807, 2.05) is 109 Å². The van der Waals surface area contributed by atoms with E-state index in [0.717, 1.165) is 71.4 Å². The first-order chi connectivity index (χ1) is 23.8. The number of para-hydroxylation sites is 2. The zero-order valence-corrected chi connectivity index (χ0v) is 25.5. The van der Waals surface area contributed by atoms with Gasteiger partial charge in [0.25, 0.3) is 0 Å². The number of aromatic nitrogens is 4. The van der Waals surface area contributed by atoms with Gasteiger partial charge in [-0.3, -0.25) is 0 Å². The predicted molar refractivity (Wildman–Crippen MR) is 191 cm³/mol. The van der Waals surface area contributed by atoms with Gasteiger partial charge in [0.15, 0.2) is 17.5 Å². The first kappa shape index (κ1) is 26.5. The number of hydrogen-bond acceptors (Lipinski definition) is 6. The third kappa shape index (κ3) is 4.13. The zero-order valence-electron chi connectivity index (χ0n) is 25.5. The fourth-order valence-electron chi connectivity index (χ4n) is 6.73. The molecule has 0 spiro atoms. The number of hydrogen-bond donors (Lipinski definition) is 0. The van der Waals surface area contributed by atoms with Crippen molar-refractivity contribution in [2.75, 3.05) is 0 Å². The Morgan fingerprint density at radius 3 is 1.83 bits per heavy atom. The molecule has 4 heterocycles. The summed E-state index contributed by atoms with van der Waals surface area (Å²) >= 11 is 0. The van der Waals surface area contributed by atoms with E-state index in [2.05, 4.69) is 36.4 Å². The normalized spacial score (nSPS) is 11.8. The lowest BCUT2D eigenvalue weighted by atomic mass is 9.95. The molecule has 0 aliphatic carbocycles. The van der Waals surface area contributed by atoms with Crippen molar-refractivity contribution >= 4 is 54.9 Å². The lowest BCUT2D eigenvalue weighted by molar-refractivity contribution is 0.657. The Kier molecular flexibility index (Phi) is 5.77. The van der Waals surface area contributed by atoms with Crippen LogP contribution in [-0.2, 0) is 0 Å². The van der Waals surface area contributed by atoms with Gasteiger partial charge in [-0.25, -0.2) is 19.9 Å². The largest absolute Gasteiger partial charge is 0.456 e. The summed E-state index contributed by atoms with van der Waals surface area (Å²) in [6.45, 7) is 0. The molecule has 48 heavy (non-hydrogen) atoms. The molecular formula is C42H24N4O2. The summed E-state index contributed by atoms with van der Waals surface area (Å²) in [6.07, 6.45) is 0. The van der Waals surface area contributed by atoms with Crippen molar-refractivity contribution in [1.82, 2.24) is 19.9 Å². The van der Waals surface area contributed by atoms with Crippen LogP contribution in [0.4, 0.5) is 0 Å². The van der Waals surface area contributed by atoms with E-state index in [9.17, 15) is 0 Å². The van der Waals surface area contributed by atoms with E-state index >= 15 is 0 Å². The Bertz CT molecular complexity index is 2780. The van der Waals surface area contributed by atoms with Crippen LogP contribution in [0.5, 0.6) is 0 Å². The number of nitrogens with zero attached hydrogens (tertiary/aromatic N) is 4. The number of furan rings is 2. The average molecular weight is 617 g/mol. The molecule has 224 valence electrons. The van der Waals surface area contributed by atoms with Gasteiger partial charge in [0, 0.05) is 49.2 Å². The van der Waals surface area contributed by atoms with Crippen LogP contribution in [-0.4, -0.2) is 19.9 Å². The Hall–Kier alpha value is -6.66. The Balaban J connectivity index is 1.31. The van der Waals surface area contributed by atoms with Crippen LogP contribution < -0.4 is 0 Å². The van der Waals surface area contributed by atoms with Gasteiger partial charge >= 0.3 is 0 Å². The van der Waals surface area contributed by atoms with Crippen molar-refractivity contribution in [2.24, 2.45) is 0 Å². The molecule has 0 fully saturated rings. The van der Waals surface area contributed by atoms with Crippen LogP contribution in [0.15, 0.2) is 154 Å². The lowest BCUT2D eigenvalue weighted by Crippen LogP contribution is -2.00. The molecule has 6 aromatic carbocycles. The number of benzene rings is 6. The number of pyridine rings is 1. The van der Waals surface area contributed by atoms with Crippen molar-refractivity contribution in [1.29, 1.82) is 0 Å². The van der Waals surface area contributed by atoms with E-state index < -0.39 is 0 Å². The third-order valence-corrected chi connectivity index (χ3v) is 8.95. The molecule has 0 amide bonds. The molecule has 0 saturated carbocycles. The van der Waals surface area contributed by atoms with Crippen molar-refractivity contribution < 1.29 is 8.83 Å². The highest BCUT2D eigenvalue weighted by Crippen LogP contribution is 2.45. The maximum absolute atomic E-state index is 6.76. The van der Waals surface area contributed by atoms with Crippen LogP contribution in [0.3, 0.4) is 0 Å². The second-order valence-electron chi connectivity index (χ2n) is 11.8. The predicted octanol–water partition coefficient (Wildman–Crippen LogP) is 10.9. The van der Waals surface area contributed by atoms with Gasteiger partial charge < -0.3 is 8.83 Å². The summed E-state index contributed by atoms with van der Waals surface area (Å²) in [7, 11) is 0. The number of rotatable bonds is 4. The third-order valence-electron chi connectivity index (χ3n) is 8.95. The van der Waals surface area contributed by atoms with Crippen LogP contribution in [0, 0.1) is 0 Å². The minimum Gasteiger partial charge on any atom is -0.456 e. The van der Waals surface area contributed by atoms with Crippen LogP contribution in [0.2, 0.25) is 0 Å². The molecule has 10 rings (SSSR count). The molecule has 6 heteroatoms. The Labute approximate surface area is 274 Å². The van der Waals surface area contributed by atoms with Crippen LogP contribution in [0.25, 0.3) is 100 Å². The SMILES string of the molecule is c1ccc(-c2nc(-c3ccccc3)nc(-c3ccc(-c4cccc5oc6ccccc6c45)c4oc5nc6ccccc6cc5c34)n2)cc1. The first-order valence-electron chi connectivity index (χ1n) is 15.8. The molecular weight excluding hydrogens is 592 g/mol. The fraction of sp³-hybridized carbons (Fsp3) is 0. The highest BCUT2D eigenvalue weighted by Gasteiger charge is 2.23. The van der Waals surface area contributed by atoms with Crippen LogP contribution in [0.1, 0.15) is 0 Å². The summed E-state index contributed by atoms with van der Waals surface area (Å²) < 4.78 is 13.0. The summed E-state index contributed by atoms with van der Waals surface area (Å²) in [4.78, 5) is 20.1. The topological polar surface area (TPSA) is 77.8 Å². The van der Waals surface area contributed by atoms with Gasteiger partial charge in [-0.05, 0) is 42.0 Å². The van der Waals surface area contributed by atoms with Crippen LogP contribution >= 0.6 is 0 Å². The lowest BCUT2D eigenvalue weighted by Gasteiger charge is -2.11. The van der Waals surface area contributed by atoms with E-state index in [4.69, 9.17) is 28.8 Å². The minimum atomic E-state index is 0.557. The average Bonchev–Trinajstić information content (AvgIpc) is 3.72. The fourth-order valence-corrected chi connectivity index (χ4v) is 6.73. The highest BCUT2D eigenvalue weighted by atomic mass is 16.3. The van der Waals surface area contributed by atoms with Gasteiger partial charge in [0.05, 0.1) is 5.52 Å². The van der Waals surface area contributed by atoms with Crippen molar-refractivity contribution in [3.8, 4) is 45.3 Å². The van der Waals surface area contributed by atoms with E-state index in [1.54, 1.807) is 0 Å². The Morgan fingerprint density at radius 1 is 0.396 bits per heavy atom. The molecule has 0 aliphatic heterocycles. The maximum atomic E-state index is 6.76. The monoisotopic (exact) mass is 616 g/mol. The zero-order chi connectivity index (χ0) is 31.6. The van der Waals surface area contributed by atoms with Gasteiger partial charge in [-0.15, -0.1) is 0 Å². The standard InChI is InChI=1S/C42H24N4O2/c1-3-12-25(13-4-1)39-44-40(26-14-5-2-6-15-26)46-41(45-39)31-23-22-29(28-18-11-21-35-36(28)30-17-8-10-20-34(30)47-35)38-37(31)32-24-27-16-7-9-19-33(27)43-42(32)48-38/h1-24H. The quantitative estimate of drug-likeness (QED) is 0.196. The second kappa shape index (κ2) is 10.4. The maximum Gasteiger partial charge on any atom is 0.227 e. The molecule has 0 radical (unpaired) electrons. The molecule has 0 N–H and O–H groups in total. The minimum absolute atomic E-state index is 0.557. The first-order valence-corrected chi connectivity index (χ1v) is 15.8. The molecule has 0 unspecified atom stereocenters. The van der Waals surface area contributed by atoms with E-state index in [1.165, 1.54) is 0 Å². The molecule has 0 saturated heterocycles. The molecule has 6 nitrogen and oxygen atoms in total. The van der Waals surface area contributed by atoms with Gasteiger partial charge in [0.1, 0.15) is 16.7 Å². The molecule has 0 aliphatic rings. The highest BCUT2D eigenvalue weighted by molar-refractivity contribution is 6.20. The van der Waals surface area contributed by atoms with Crippen molar-refractivity contribution in [3.05, 3.63) is 146 Å². The van der Waals surface area contributed by atoms with Gasteiger partial charge in [0.2, 0.25) is 5.71 Å². The summed E-state index contributed by atoms with van der Waals surface area (Å²) in [5.74, 6) is 1.76. The smallest absolute Gasteiger partial charge is 0.227 e. The summed E-state index contributed by atoms with van der Waals surface area (Å²) in [5.41, 5.74) is 8.42. The summed E-state index contributed by atoms with van der Waals surface area (Å²) in [5, 5.41) is 4.91. The second-order valence-corrected chi connectivity index (χ2v) is 11.8. The molecule has 0 atom stereocenters. The summed E-state index contributed by atoms with van der Waals surface area (Å²) in [6, 6.07) is 48.8. The Morgan fingerprint density at radius 2 is 1.04 bits per heavy atom. The van der Waals surface area contributed by atoms with Gasteiger partial charge in [-0.1, -0.05) is 109 Å². The molecule has 4 aromatic heterocycles. The van der Waals surface area contributed by atoms with Gasteiger partial charge in [-0.2, -0.15) is 0 Å². The van der Waals surface area contributed by atoms with E-state index in [0.29, 0.717) is 28.8 Å². The van der Waals surface area contributed by atoms with Crippen molar-refractivity contribution in [2.45, 2.75) is 0 Å². The number of fused-ring (bicyclic) bond motifs is 7. The molecule has 10 aromatic rings. The molecule has 0 bridgehead atoms.